The van der Waals surface area contributed by atoms with Gasteiger partial charge in [0.05, 0.1) is 17.1 Å². The van der Waals surface area contributed by atoms with E-state index in [-0.39, 0.29) is 52.8 Å². The number of allylic oxidation sites excluding steroid dienone is 2. The van der Waals surface area contributed by atoms with Crippen molar-refractivity contribution in [2.24, 2.45) is 10.8 Å². The molecule has 2 amide bonds. The van der Waals surface area contributed by atoms with Gasteiger partial charge in [0.15, 0.2) is 9.84 Å². The maximum atomic E-state index is 13.5. The molecule has 3 aliphatic rings. The van der Waals surface area contributed by atoms with Gasteiger partial charge in [-0.3, -0.25) is 9.59 Å². The number of sulfone groups is 1. The molecule has 0 bridgehead atoms. The van der Waals surface area contributed by atoms with Crippen molar-refractivity contribution in [3.63, 3.8) is 0 Å². The zero-order valence-corrected chi connectivity index (χ0v) is 23.8. The Morgan fingerprint density at radius 3 is 1.85 bits per heavy atom. The summed E-state index contributed by atoms with van der Waals surface area (Å²) < 4.78 is 23.4. The first-order valence-electron chi connectivity index (χ1n) is 13.5. The number of rotatable bonds is 4. The van der Waals surface area contributed by atoms with Gasteiger partial charge in [0.2, 0.25) is 0 Å². The van der Waals surface area contributed by atoms with Gasteiger partial charge in [-0.25, -0.2) is 13.2 Å². The molecule has 2 heterocycles. The van der Waals surface area contributed by atoms with Gasteiger partial charge >= 0.3 is 5.97 Å². The van der Waals surface area contributed by atoms with E-state index in [0.29, 0.717) is 24.2 Å². The molecular formula is C31H34N2O6S. The lowest BCUT2D eigenvalue weighted by atomic mass is 9.58. The highest BCUT2D eigenvalue weighted by Gasteiger charge is 2.46. The average Bonchev–Trinajstić information content (AvgIpc) is 2.92. The molecule has 2 aromatic carbocycles. The average molecular weight is 563 g/mol. The first kappa shape index (κ1) is 27.8. The summed E-state index contributed by atoms with van der Waals surface area (Å²) in [4.78, 5) is 41.0. The van der Waals surface area contributed by atoms with E-state index >= 15 is 0 Å². The van der Waals surface area contributed by atoms with E-state index in [4.69, 9.17) is 0 Å². The van der Waals surface area contributed by atoms with Gasteiger partial charge < -0.3 is 14.9 Å². The van der Waals surface area contributed by atoms with E-state index in [1.807, 2.05) is 17.0 Å². The summed E-state index contributed by atoms with van der Waals surface area (Å²) in [5, 5.41) is 9.25. The van der Waals surface area contributed by atoms with Gasteiger partial charge in [-0.1, -0.05) is 50.6 Å². The fourth-order valence-electron chi connectivity index (χ4n) is 6.39. The van der Waals surface area contributed by atoms with E-state index in [2.05, 4.69) is 32.9 Å². The van der Waals surface area contributed by atoms with E-state index in [9.17, 15) is 27.9 Å². The molecule has 210 valence electrons. The molecule has 0 unspecified atom stereocenters. The summed E-state index contributed by atoms with van der Waals surface area (Å²) in [5.41, 5.74) is 4.09. The van der Waals surface area contributed by atoms with E-state index in [0.717, 1.165) is 17.6 Å². The molecule has 0 radical (unpaired) electrons. The molecule has 5 rings (SSSR count). The lowest BCUT2D eigenvalue weighted by Crippen LogP contribution is -2.48. The van der Waals surface area contributed by atoms with Crippen LogP contribution in [-0.2, 0) is 9.84 Å². The van der Waals surface area contributed by atoms with E-state index in [1.54, 1.807) is 41.3 Å². The van der Waals surface area contributed by atoms with Gasteiger partial charge in [0, 0.05) is 48.1 Å². The molecule has 40 heavy (non-hydrogen) atoms. The number of carbonyl (C=O) groups excluding carboxylic acids is 2. The molecule has 0 spiro atoms. The quantitative estimate of drug-likeness (QED) is 0.560. The molecule has 0 saturated carbocycles. The molecule has 1 N–H and O–H groups in total. The normalized spacial score (nSPS) is 23.5. The highest BCUT2D eigenvalue weighted by molar-refractivity contribution is 7.91. The Morgan fingerprint density at radius 1 is 0.775 bits per heavy atom. The predicted molar refractivity (Wildman–Crippen MR) is 153 cm³/mol. The van der Waals surface area contributed by atoms with E-state index in [1.165, 1.54) is 5.57 Å². The number of fused-ring (bicyclic) bond motifs is 1. The van der Waals surface area contributed by atoms with E-state index < -0.39 is 15.8 Å². The Labute approximate surface area is 234 Å². The molecule has 0 aromatic heterocycles. The van der Waals surface area contributed by atoms with Crippen molar-refractivity contribution in [1.29, 1.82) is 0 Å². The summed E-state index contributed by atoms with van der Waals surface area (Å²) in [6.07, 6.45) is 5.12. The molecule has 1 atom stereocenters. The molecule has 8 nitrogen and oxygen atoms in total. The zero-order valence-electron chi connectivity index (χ0n) is 23.0. The Morgan fingerprint density at radius 2 is 1.30 bits per heavy atom. The van der Waals surface area contributed by atoms with Gasteiger partial charge in [0.1, 0.15) is 0 Å². The van der Waals surface area contributed by atoms with Crippen molar-refractivity contribution < 1.29 is 27.9 Å². The number of hydrogen-bond acceptors (Lipinski definition) is 5. The Balaban J connectivity index is 1.30. The summed E-state index contributed by atoms with van der Waals surface area (Å²) in [7, 11) is -3.08. The van der Waals surface area contributed by atoms with Gasteiger partial charge in [-0.2, -0.15) is 0 Å². The number of benzene rings is 2. The minimum absolute atomic E-state index is 0.0248. The maximum Gasteiger partial charge on any atom is 0.335 e. The Hall–Kier alpha value is -3.72. The number of carboxylic acids is 1. The predicted octanol–water partition coefficient (Wildman–Crippen LogP) is 4.16. The summed E-state index contributed by atoms with van der Waals surface area (Å²) in [6, 6.07) is 13.6. The molecule has 1 aliphatic carbocycles. The second-order valence-corrected chi connectivity index (χ2v) is 14.0. The molecular weight excluding hydrogens is 528 g/mol. The van der Waals surface area contributed by atoms with Crippen molar-refractivity contribution in [2.45, 2.75) is 27.2 Å². The first-order valence-corrected chi connectivity index (χ1v) is 15.3. The summed E-state index contributed by atoms with van der Waals surface area (Å²) in [6.45, 7) is 7.94. The van der Waals surface area contributed by atoms with Crippen molar-refractivity contribution >= 4 is 33.2 Å². The van der Waals surface area contributed by atoms with Crippen molar-refractivity contribution in [2.75, 3.05) is 37.7 Å². The lowest BCUT2D eigenvalue weighted by Gasteiger charge is -2.50. The largest absolute Gasteiger partial charge is 0.478 e. The molecule has 9 heteroatoms. The summed E-state index contributed by atoms with van der Waals surface area (Å²) >= 11 is 0. The van der Waals surface area contributed by atoms with Crippen LogP contribution in [0.25, 0.3) is 5.57 Å². The topological polar surface area (TPSA) is 112 Å². The SMILES string of the molecule is CC1(C)C(c2ccc(C(=O)O)cc2)=CC[C@]2(C)CN(C(=O)c3ccc(C(=O)N4CCS(=O)(=O)CC4)cc3)CC=C12. The Kier molecular flexibility index (Phi) is 6.98. The van der Waals surface area contributed by atoms with Crippen LogP contribution < -0.4 is 0 Å². The highest BCUT2D eigenvalue weighted by Crippen LogP contribution is 2.55. The molecule has 2 aromatic rings. The second kappa shape index (κ2) is 10.0. The number of nitrogens with zero attached hydrogens (tertiary/aromatic N) is 2. The van der Waals surface area contributed by atoms with Crippen LogP contribution in [0.15, 0.2) is 66.3 Å². The summed E-state index contributed by atoms with van der Waals surface area (Å²) in [5.74, 6) is -1.32. The minimum atomic E-state index is -3.08. The fraction of sp³-hybridized carbons (Fsp3) is 0.387. The monoisotopic (exact) mass is 562 g/mol. The van der Waals surface area contributed by atoms with Crippen LogP contribution in [0.1, 0.15) is 63.8 Å². The number of carbonyl (C=O) groups is 3. The third-order valence-corrected chi connectivity index (χ3v) is 10.2. The van der Waals surface area contributed by atoms with Crippen LogP contribution in [0.4, 0.5) is 0 Å². The Bertz CT molecular complexity index is 1520. The molecule has 2 aliphatic heterocycles. The van der Waals surface area contributed by atoms with Crippen LogP contribution >= 0.6 is 0 Å². The number of hydrogen-bond donors (Lipinski definition) is 1. The zero-order chi connectivity index (χ0) is 28.9. The van der Waals surface area contributed by atoms with Crippen LogP contribution in [0.5, 0.6) is 0 Å². The first-order chi connectivity index (χ1) is 18.8. The second-order valence-electron chi connectivity index (χ2n) is 11.7. The smallest absolute Gasteiger partial charge is 0.335 e. The number of amides is 2. The van der Waals surface area contributed by atoms with Gasteiger partial charge in [0.25, 0.3) is 11.8 Å². The van der Waals surface area contributed by atoms with Crippen molar-refractivity contribution in [1.82, 2.24) is 9.80 Å². The lowest BCUT2D eigenvalue weighted by molar-refractivity contribution is 0.0678. The third kappa shape index (κ3) is 5.10. The molecule has 1 fully saturated rings. The van der Waals surface area contributed by atoms with Crippen LogP contribution in [-0.4, -0.2) is 78.8 Å². The van der Waals surface area contributed by atoms with Crippen LogP contribution in [0.2, 0.25) is 0 Å². The van der Waals surface area contributed by atoms with Crippen molar-refractivity contribution in [3.05, 3.63) is 88.5 Å². The molecule has 1 saturated heterocycles. The van der Waals surface area contributed by atoms with Crippen LogP contribution in [0, 0.1) is 10.8 Å². The fourth-order valence-corrected chi connectivity index (χ4v) is 7.59. The third-order valence-electron chi connectivity index (χ3n) is 8.55. The minimum Gasteiger partial charge on any atom is -0.478 e. The standard InChI is InChI=1S/C31H34N2O6S/c1-30(2)25(21-4-10-24(11-5-21)29(36)37)12-14-31(3)20-33(15-13-26(30)31)28(35)23-8-6-22(7-9-23)27(34)32-16-18-40(38,39)19-17-32/h4-13H,14-20H2,1-3H3,(H,36,37)/t31-/m1/s1. The maximum absolute atomic E-state index is 13.5. The number of carboxylic acid groups (broad SMARTS) is 1. The highest BCUT2D eigenvalue weighted by atomic mass is 32.2. The number of aromatic carboxylic acids is 1. The van der Waals surface area contributed by atoms with Crippen molar-refractivity contribution in [3.8, 4) is 0 Å². The van der Waals surface area contributed by atoms with Gasteiger partial charge in [-0.05, 0) is 54.0 Å². The van der Waals surface area contributed by atoms with Gasteiger partial charge in [-0.15, -0.1) is 0 Å². The van der Waals surface area contributed by atoms with Crippen LogP contribution in [0.3, 0.4) is 0 Å².